The highest BCUT2D eigenvalue weighted by molar-refractivity contribution is 5.77. The van der Waals surface area contributed by atoms with Gasteiger partial charge in [0.05, 0.1) is 22.7 Å². The Morgan fingerprint density at radius 2 is 2.15 bits per heavy atom. The van der Waals surface area contributed by atoms with Gasteiger partial charge in [0.2, 0.25) is 0 Å². The minimum Gasteiger partial charge on any atom is -0.330 e. The predicted octanol–water partition coefficient (Wildman–Crippen LogP) is 2.99. The summed E-state index contributed by atoms with van der Waals surface area (Å²) in [6, 6.07) is 7.93. The summed E-state index contributed by atoms with van der Waals surface area (Å²) in [7, 11) is 0. The summed E-state index contributed by atoms with van der Waals surface area (Å²) in [6.07, 6.45) is 5.39. The van der Waals surface area contributed by atoms with E-state index in [0.717, 1.165) is 62.1 Å². The van der Waals surface area contributed by atoms with Gasteiger partial charge in [-0.2, -0.15) is 5.26 Å². The number of hydrogen-bond donors (Lipinski definition) is 1. The van der Waals surface area contributed by atoms with E-state index >= 15 is 0 Å². The number of fused-ring (bicyclic) bond motifs is 1. The number of benzene rings is 1. The predicted molar refractivity (Wildman–Crippen MR) is 81.3 cm³/mol. The third kappa shape index (κ3) is 3.17. The topological polar surface area (TPSA) is 67.6 Å². The normalized spacial score (nSPS) is 10.8. The van der Waals surface area contributed by atoms with Crippen LogP contribution in [0.3, 0.4) is 0 Å². The van der Waals surface area contributed by atoms with E-state index in [1.807, 2.05) is 18.2 Å². The largest absolute Gasteiger partial charge is 0.330 e. The molecule has 1 aromatic heterocycles. The van der Waals surface area contributed by atoms with E-state index in [4.69, 9.17) is 16.0 Å². The second-order valence-electron chi connectivity index (χ2n) is 5.09. The third-order valence-corrected chi connectivity index (χ3v) is 3.51. The van der Waals surface area contributed by atoms with Gasteiger partial charge in [0, 0.05) is 13.0 Å². The minimum atomic E-state index is 0.699. The first kappa shape index (κ1) is 14.5. The van der Waals surface area contributed by atoms with Gasteiger partial charge in [-0.05, 0) is 44.0 Å². The Hall–Kier alpha value is -1.86. The van der Waals surface area contributed by atoms with Crippen molar-refractivity contribution in [2.45, 2.75) is 45.6 Å². The Morgan fingerprint density at radius 3 is 2.85 bits per heavy atom. The number of hydrogen-bond acceptors (Lipinski definition) is 3. The van der Waals surface area contributed by atoms with E-state index < -0.39 is 0 Å². The van der Waals surface area contributed by atoms with Crippen molar-refractivity contribution >= 4 is 11.0 Å². The van der Waals surface area contributed by atoms with Crippen molar-refractivity contribution in [1.82, 2.24) is 9.55 Å². The second-order valence-corrected chi connectivity index (χ2v) is 5.09. The van der Waals surface area contributed by atoms with Crippen molar-refractivity contribution in [3.8, 4) is 6.07 Å². The number of aryl methyl sites for hydroxylation is 2. The van der Waals surface area contributed by atoms with Crippen LogP contribution in [0.2, 0.25) is 0 Å². The van der Waals surface area contributed by atoms with Gasteiger partial charge in [0.15, 0.2) is 0 Å². The van der Waals surface area contributed by atoms with E-state index in [-0.39, 0.29) is 0 Å². The molecule has 4 heteroatoms. The van der Waals surface area contributed by atoms with Gasteiger partial charge in [-0.3, -0.25) is 0 Å². The maximum absolute atomic E-state index is 9.03. The van der Waals surface area contributed by atoms with Crippen LogP contribution in [0.1, 0.15) is 44.0 Å². The highest BCUT2D eigenvalue weighted by Crippen LogP contribution is 2.20. The molecule has 0 spiro atoms. The molecule has 20 heavy (non-hydrogen) atoms. The van der Waals surface area contributed by atoms with Crippen molar-refractivity contribution in [3.63, 3.8) is 0 Å². The standard InChI is InChI=1S/C16H22N4/c1-2-10-20-15-11-13(12-18)7-8-14(15)19-16(20)6-4-3-5-9-17/h7-8,11H,2-6,9-10,17H2,1H3. The third-order valence-electron chi connectivity index (χ3n) is 3.51. The molecule has 1 heterocycles. The van der Waals surface area contributed by atoms with Crippen LogP contribution >= 0.6 is 0 Å². The number of aromatic nitrogens is 2. The molecule has 2 N–H and O–H groups in total. The number of unbranched alkanes of at least 4 members (excludes halogenated alkanes) is 2. The molecule has 4 nitrogen and oxygen atoms in total. The van der Waals surface area contributed by atoms with Crippen LogP contribution in [0.4, 0.5) is 0 Å². The van der Waals surface area contributed by atoms with Gasteiger partial charge in [-0.25, -0.2) is 4.98 Å². The van der Waals surface area contributed by atoms with Crippen LogP contribution in [0.15, 0.2) is 18.2 Å². The van der Waals surface area contributed by atoms with Crippen molar-refractivity contribution in [1.29, 1.82) is 5.26 Å². The molecular weight excluding hydrogens is 248 g/mol. The summed E-state index contributed by atoms with van der Waals surface area (Å²) >= 11 is 0. The molecule has 0 unspecified atom stereocenters. The summed E-state index contributed by atoms with van der Waals surface area (Å²) in [5, 5.41) is 9.03. The first-order chi connectivity index (χ1) is 9.80. The fraction of sp³-hybridized carbons (Fsp3) is 0.500. The Morgan fingerprint density at radius 1 is 1.30 bits per heavy atom. The summed E-state index contributed by atoms with van der Waals surface area (Å²) in [5.74, 6) is 1.13. The lowest BCUT2D eigenvalue weighted by Gasteiger charge is -2.07. The molecule has 0 atom stereocenters. The minimum absolute atomic E-state index is 0.699. The van der Waals surface area contributed by atoms with Crippen molar-refractivity contribution in [2.24, 2.45) is 5.73 Å². The monoisotopic (exact) mass is 270 g/mol. The highest BCUT2D eigenvalue weighted by atomic mass is 15.1. The Labute approximate surface area is 120 Å². The zero-order valence-corrected chi connectivity index (χ0v) is 12.1. The van der Waals surface area contributed by atoms with Crippen molar-refractivity contribution in [3.05, 3.63) is 29.6 Å². The van der Waals surface area contributed by atoms with Gasteiger partial charge >= 0.3 is 0 Å². The lowest BCUT2D eigenvalue weighted by molar-refractivity contribution is 0.614. The van der Waals surface area contributed by atoms with Crippen LogP contribution in [-0.4, -0.2) is 16.1 Å². The molecular formula is C16H22N4. The smallest absolute Gasteiger partial charge is 0.109 e. The van der Waals surface area contributed by atoms with Crippen LogP contribution in [0, 0.1) is 11.3 Å². The summed E-state index contributed by atoms with van der Waals surface area (Å²) in [6.45, 7) is 3.88. The molecule has 0 saturated heterocycles. The summed E-state index contributed by atoms with van der Waals surface area (Å²) in [5.41, 5.74) is 8.30. The zero-order valence-electron chi connectivity index (χ0n) is 12.1. The summed E-state index contributed by atoms with van der Waals surface area (Å²) < 4.78 is 2.26. The van der Waals surface area contributed by atoms with Gasteiger partial charge in [0.1, 0.15) is 5.82 Å². The Bertz CT molecular complexity index is 607. The molecule has 0 radical (unpaired) electrons. The summed E-state index contributed by atoms with van der Waals surface area (Å²) in [4.78, 5) is 4.73. The lowest BCUT2D eigenvalue weighted by Crippen LogP contribution is -2.04. The highest BCUT2D eigenvalue weighted by Gasteiger charge is 2.10. The lowest BCUT2D eigenvalue weighted by atomic mass is 10.2. The SMILES string of the molecule is CCCn1c(CCCCCN)nc2ccc(C#N)cc21. The number of imidazole rings is 1. The average Bonchev–Trinajstić information content (AvgIpc) is 2.81. The van der Waals surface area contributed by atoms with E-state index in [0.29, 0.717) is 5.56 Å². The van der Waals surface area contributed by atoms with Gasteiger partial charge in [-0.1, -0.05) is 13.3 Å². The van der Waals surface area contributed by atoms with E-state index in [2.05, 4.69) is 17.6 Å². The van der Waals surface area contributed by atoms with Gasteiger partial charge < -0.3 is 10.3 Å². The molecule has 0 amide bonds. The fourth-order valence-electron chi connectivity index (χ4n) is 2.51. The quantitative estimate of drug-likeness (QED) is 0.786. The molecule has 0 bridgehead atoms. The average molecular weight is 270 g/mol. The Balaban J connectivity index is 2.28. The fourth-order valence-corrected chi connectivity index (χ4v) is 2.51. The number of rotatable bonds is 7. The van der Waals surface area contributed by atoms with Crippen LogP contribution in [0.25, 0.3) is 11.0 Å². The van der Waals surface area contributed by atoms with Crippen LogP contribution in [0.5, 0.6) is 0 Å². The maximum atomic E-state index is 9.03. The van der Waals surface area contributed by atoms with Gasteiger partial charge in [-0.15, -0.1) is 0 Å². The second kappa shape index (κ2) is 7.06. The van der Waals surface area contributed by atoms with Gasteiger partial charge in [0.25, 0.3) is 0 Å². The first-order valence-corrected chi connectivity index (χ1v) is 7.39. The molecule has 0 saturated carbocycles. The van der Waals surface area contributed by atoms with Crippen LogP contribution in [-0.2, 0) is 13.0 Å². The molecule has 0 aliphatic heterocycles. The number of nitrogens with two attached hydrogens (primary N) is 1. The van der Waals surface area contributed by atoms with E-state index in [1.165, 1.54) is 0 Å². The molecule has 2 aromatic rings. The molecule has 106 valence electrons. The van der Waals surface area contributed by atoms with Crippen molar-refractivity contribution in [2.75, 3.05) is 6.54 Å². The Kier molecular flexibility index (Phi) is 5.14. The molecule has 0 aliphatic carbocycles. The molecule has 0 fully saturated rings. The molecule has 2 rings (SSSR count). The zero-order chi connectivity index (χ0) is 14.4. The van der Waals surface area contributed by atoms with Crippen LogP contribution < -0.4 is 5.73 Å². The first-order valence-electron chi connectivity index (χ1n) is 7.39. The number of nitriles is 1. The maximum Gasteiger partial charge on any atom is 0.109 e. The van der Waals surface area contributed by atoms with E-state index in [1.54, 1.807) is 0 Å². The van der Waals surface area contributed by atoms with Crippen molar-refractivity contribution < 1.29 is 0 Å². The number of nitrogens with zero attached hydrogens (tertiary/aromatic N) is 3. The molecule has 0 aliphatic rings. The van der Waals surface area contributed by atoms with E-state index in [9.17, 15) is 0 Å². The molecule has 1 aromatic carbocycles.